The highest BCUT2D eigenvalue weighted by Crippen LogP contribution is 2.28. The third-order valence-electron chi connectivity index (χ3n) is 3.62. The Kier molecular flexibility index (Phi) is 5.22. The molecule has 2 aromatic carbocycles. The number of fused-ring (bicyclic) bond motifs is 1. The Balaban J connectivity index is 1.85. The van der Waals surface area contributed by atoms with Gasteiger partial charge in [0, 0.05) is 17.3 Å². The van der Waals surface area contributed by atoms with Gasteiger partial charge >= 0.3 is 0 Å². The quantitative estimate of drug-likeness (QED) is 0.694. The van der Waals surface area contributed by atoms with Crippen LogP contribution in [0.1, 0.15) is 18.1 Å². The predicted molar refractivity (Wildman–Crippen MR) is 99.2 cm³/mol. The molecule has 1 aromatic heterocycles. The summed E-state index contributed by atoms with van der Waals surface area (Å²) in [6.45, 7) is 2.99. The normalized spacial score (nSPS) is 10.5. The number of nitrogens with one attached hydrogen (secondary N) is 1. The molecule has 0 aliphatic rings. The fraction of sp³-hybridized carbons (Fsp3) is 0.167. The summed E-state index contributed by atoms with van der Waals surface area (Å²) in [5.41, 5.74) is 1.50. The summed E-state index contributed by atoms with van der Waals surface area (Å²) in [4.78, 5) is 0. The topological polar surface area (TPSA) is 70.8 Å². The zero-order valence-corrected chi connectivity index (χ0v) is 14.9. The van der Waals surface area contributed by atoms with Crippen LogP contribution < -0.4 is 10.1 Å². The van der Waals surface area contributed by atoms with Crippen molar-refractivity contribution in [3.05, 3.63) is 57.7 Å². The number of hydrogen-bond donors (Lipinski definition) is 1. The largest absolute Gasteiger partial charge is 0.492 e. The van der Waals surface area contributed by atoms with Gasteiger partial charge in [0.15, 0.2) is 11.0 Å². The van der Waals surface area contributed by atoms with Crippen molar-refractivity contribution in [1.82, 2.24) is 10.2 Å². The van der Waals surface area contributed by atoms with Gasteiger partial charge in [-0.3, -0.25) is 0 Å². The van der Waals surface area contributed by atoms with Crippen molar-refractivity contribution >= 4 is 39.8 Å². The summed E-state index contributed by atoms with van der Waals surface area (Å²) in [6.07, 6.45) is 0. The molecular weight excluding hydrogens is 359 g/mol. The van der Waals surface area contributed by atoms with Crippen molar-refractivity contribution in [3.63, 3.8) is 0 Å². The van der Waals surface area contributed by atoms with Gasteiger partial charge in [-0.05, 0) is 42.8 Å². The molecule has 0 atom stereocenters. The lowest BCUT2D eigenvalue weighted by Gasteiger charge is -2.11. The highest BCUT2D eigenvalue weighted by atomic mass is 35.5. The number of anilines is 1. The molecule has 0 unspecified atom stereocenters. The van der Waals surface area contributed by atoms with Crippen LogP contribution in [0.2, 0.25) is 10.2 Å². The molecule has 0 saturated carbocycles. The Hall–Kier alpha value is -2.55. The average Bonchev–Trinajstić information content (AvgIpc) is 2.63. The first kappa shape index (κ1) is 17.3. The van der Waals surface area contributed by atoms with Crippen LogP contribution >= 0.6 is 23.2 Å². The maximum atomic E-state index is 9.03. The number of nitriles is 1. The molecule has 25 heavy (non-hydrogen) atoms. The highest BCUT2D eigenvalue weighted by Gasteiger charge is 2.09. The zero-order valence-electron chi connectivity index (χ0n) is 13.4. The molecule has 1 N–H and O–H groups in total. The molecule has 7 heteroatoms. The van der Waals surface area contributed by atoms with Gasteiger partial charge < -0.3 is 10.1 Å². The first-order valence-electron chi connectivity index (χ1n) is 7.63. The fourth-order valence-electron chi connectivity index (χ4n) is 2.44. The van der Waals surface area contributed by atoms with E-state index < -0.39 is 0 Å². The molecule has 0 spiro atoms. The van der Waals surface area contributed by atoms with Gasteiger partial charge in [-0.2, -0.15) is 5.26 Å². The number of nitrogens with zero attached hydrogens (tertiary/aromatic N) is 3. The maximum absolute atomic E-state index is 9.03. The van der Waals surface area contributed by atoms with Crippen LogP contribution in [0, 0.1) is 11.3 Å². The Morgan fingerprint density at radius 3 is 2.68 bits per heavy atom. The molecule has 0 aliphatic heterocycles. The molecule has 0 saturated heterocycles. The minimum atomic E-state index is 0.266. The molecule has 1 heterocycles. The van der Waals surface area contributed by atoms with Gasteiger partial charge in [0.05, 0.1) is 23.3 Å². The van der Waals surface area contributed by atoms with Gasteiger partial charge in [-0.1, -0.05) is 29.3 Å². The van der Waals surface area contributed by atoms with Gasteiger partial charge in [0.2, 0.25) is 0 Å². The van der Waals surface area contributed by atoms with E-state index in [9.17, 15) is 0 Å². The van der Waals surface area contributed by atoms with E-state index in [0.717, 1.165) is 10.9 Å². The fourth-order valence-corrected chi connectivity index (χ4v) is 2.89. The van der Waals surface area contributed by atoms with E-state index in [1.165, 1.54) is 0 Å². The molecule has 0 fully saturated rings. The summed E-state index contributed by atoms with van der Waals surface area (Å²) in [7, 11) is 0. The van der Waals surface area contributed by atoms with Crippen LogP contribution in [0.5, 0.6) is 5.75 Å². The second-order valence-electron chi connectivity index (χ2n) is 5.26. The molecule has 126 valence electrons. The smallest absolute Gasteiger partial charge is 0.159 e. The first-order chi connectivity index (χ1) is 12.1. The first-order valence-corrected chi connectivity index (χ1v) is 8.39. The zero-order chi connectivity index (χ0) is 17.8. The SMILES string of the molecule is CCOc1ccc(CNc2nnc(Cl)c3cc(C#N)ccc23)cc1Cl. The summed E-state index contributed by atoms with van der Waals surface area (Å²) >= 11 is 12.3. The van der Waals surface area contributed by atoms with Crippen molar-refractivity contribution in [2.75, 3.05) is 11.9 Å². The maximum Gasteiger partial charge on any atom is 0.159 e. The molecule has 3 rings (SSSR count). The van der Waals surface area contributed by atoms with Crippen molar-refractivity contribution in [2.45, 2.75) is 13.5 Å². The van der Waals surface area contributed by atoms with Gasteiger partial charge in [0.1, 0.15) is 5.75 Å². The third-order valence-corrected chi connectivity index (χ3v) is 4.19. The highest BCUT2D eigenvalue weighted by molar-refractivity contribution is 6.34. The second-order valence-corrected chi connectivity index (χ2v) is 6.03. The molecule has 0 amide bonds. The lowest BCUT2D eigenvalue weighted by atomic mass is 10.1. The van der Waals surface area contributed by atoms with Crippen LogP contribution in [0.25, 0.3) is 10.8 Å². The molecule has 5 nitrogen and oxygen atoms in total. The molecule has 3 aromatic rings. The minimum Gasteiger partial charge on any atom is -0.492 e. The molecule has 0 aliphatic carbocycles. The number of rotatable bonds is 5. The Morgan fingerprint density at radius 1 is 1.12 bits per heavy atom. The summed E-state index contributed by atoms with van der Waals surface area (Å²) in [5, 5.41) is 22.6. The van der Waals surface area contributed by atoms with E-state index in [0.29, 0.717) is 40.7 Å². The monoisotopic (exact) mass is 372 g/mol. The average molecular weight is 373 g/mol. The Bertz CT molecular complexity index is 969. The summed E-state index contributed by atoms with van der Waals surface area (Å²) < 4.78 is 5.43. The van der Waals surface area contributed by atoms with E-state index in [1.807, 2.05) is 31.2 Å². The van der Waals surface area contributed by atoms with E-state index in [2.05, 4.69) is 21.6 Å². The van der Waals surface area contributed by atoms with E-state index in [-0.39, 0.29) is 5.15 Å². The van der Waals surface area contributed by atoms with E-state index in [1.54, 1.807) is 12.1 Å². The van der Waals surface area contributed by atoms with Gasteiger partial charge in [0.25, 0.3) is 0 Å². The number of ether oxygens (including phenoxy) is 1. The van der Waals surface area contributed by atoms with Crippen molar-refractivity contribution in [2.24, 2.45) is 0 Å². The van der Waals surface area contributed by atoms with Crippen LogP contribution in [-0.4, -0.2) is 16.8 Å². The number of hydrogen-bond acceptors (Lipinski definition) is 5. The lowest BCUT2D eigenvalue weighted by Crippen LogP contribution is -2.04. The Labute approximate surface area is 155 Å². The Morgan fingerprint density at radius 2 is 1.96 bits per heavy atom. The van der Waals surface area contributed by atoms with Crippen molar-refractivity contribution in [3.8, 4) is 11.8 Å². The van der Waals surface area contributed by atoms with Crippen LogP contribution in [0.4, 0.5) is 5.82 Å². The number of aromatic nitrogens is 2. The van der Waals surface area contributed by atoms with Gasteiger partial charge in [-0.25, -0.2) is 0 Å². The van der Waals surface area contributed by atoms with Gasteiger partial charge in [-0.15, -0.1) is 10.2 Å². The molecule has 0 bridgehead atoms. The van der Waals surface area contributed by atoms with E-state index in [4.69, 9.17) is 33.2 Å². The van der Waals surface area contributed by atoms with Crippen LogP contribution in [0.3, 0.4) is 0 Å². The second kappa shape index (κ2) is 7.56. The summed E-state index contributed by atoms with van der Waals surface area (Å²) in [5.74, 6) is 1.25. The summed E-state index contributed by atoms with van der Waals surface area (Å²) in [6, 6.07) is 12.9. The molecule has 0 radical (unpaired) electrons. The number of benzene rings is 2. The van der Waals surface area contributed by atoms with Crippen molar-refractivity contribution < 1.29 is 4.74 Å². The van der Waals surface area contributed by atoms with Crippen LogP contribution in [0.15, 0.2) is 36.4 Å². The standard InChI is InChI=1S/C18H14Cl2N4O/c1-2-25-16-6-4-12(8-15(16)19)10-22-18-13-5-3-11(9-21)7-14(13)17(20)23-24-18/h3-8H,2,10H2,1H3,(H,22,24). The molecular formula is C18H14Cl2N4O. The van der Waals surface area contributed by atoms with Crippen LogP contribution in [-0.2, 0) is 6.54 Å². The van der Waals surface area contributed by atoms with E-state index >= 15 is 0 Å². The lowest BCUT2D eigenvalue weighted by molar-refractivity contribution is 0.340. The third kappa shape index (κ3) is 3.76. The van der Waals surface area contributed by atoms with Crippen molar-refractivity contribution in [1.29, 1.82) is 5.26 Å². The number of halogens is 2. The predicted octanol–water partition coefficient (Wildman–Crippen LogP) is 4.82. The minimum absolute atomic E-state index is 0.266.